The quantitative estimate of drug-likeness (QED) is 0.348. The maximum atomic E-state index is 13.4. The molecule has 0 aliphatic heterocycles. The molecule has 0 saturated heterocycles. The van der Waals surface area contributed by atoms with Crippen LogP contribution in [-0.4, -0.2) is 69.2 Å². The van der Waals surface area contributed by atoms with Gasteiger partial charge < -0.3 is 24.0 Å². The van der Waals surface area contributed by atoms with Crippen molar-refractivity contribution in [3.63, 3.8) is 0 Å². The Bertz CT molecular complexity index is 914. The Kier molecular flexibility index (Phi) is 11.9. The predicted octanol–water partition coefficient (Wildman–Crippen LogP) is 4.31. The van der Waals surface area contributed by atoms with Crippen molar-refractivity contribution in [2.75, 3.05) is 47.6 Å². The maximum absolute atomic E-state index is 13.4. The van der Waals surface area contributed by atoms with Crippen LogP contribution in [0.3, 0.4) is 0 Å². The molecule has 1 heterocycles. The summed E-state index contributed by atoms with van der Waals surface area (Å²) in [7, 11) is 4.87. The topological polar surface area (TPSA) is 68.3 Å². The zero-order valence-corrected chi connectivity index (χ0v) is 21.9. The summed E-state index contributed by atoms with van der Waals surface area (Å²) in [5, 5.41) is 2.05. The fourth-order valence-corrected chi connectivity index (χ4v) is 4.58. The van der Waals surface area contributed by atoms with Crippen LogP contribution in [0.2, 0.25) is 0 Å². The second kappa shape index (κ2) is 14.6. The molecule has 188 valence electrons. The van der Waals surface area contributed by atoms with Crippen LogP contribution in [0.5, 0.6) is 11.5 Å². The van der Waals surface area contributed by atoms with Crippen molar-refractivity contribution in [1.29, 1.82) is 0 Å². The van der Waals surface area contributed by atoms with Gasteiger partial charge in [0, 0.05) is 38.1 Å². The molecule has 0 spiro atoms. The van der Waals surface area contributed by atoms with Gasteiger partial charge in [-0.1, -0.05) is 13.0 Å². The third-order valence-corrected chi connectivity index (χ3v) is 6.70. The minimum absolute atomic E-state index is 0.0131. The number of amides is 2. The molecule has 7 nitrogen and oxygen atoms in total. The van der Waals surface area contributed by atoms with Gasteiger partial charge in [0.2, 0.25) is 11.8 Å². The van der Waals surface area contributed by atoms with Crippen molar-refractivity contribution in [2.24, 2.45) is 0 Å². The molecule has 0 aliphatic rings. The Morgan fingerprint density at radius 1 is 0.971 bits per heavy atom. The third kappa shape index (κ3) is 8.33. The molecular formula is C26H38N2O5S. The van der Waals surface area contributed by atoms with E-state index in [0.29, 0.717) is 57.0 Å². The Hall–Kier alpha value is -2.58. The lowest BCUT2D eigenvalue weighted by molar-refractivity contribution is -0.141. The lowest BCUT2D eigenvalue weighted by Gasteiger charge is -2.28. The first-order valence-electron chi connectivity index (χ1n) is 11.7. The van der Waals surface area contributed by atoms with Gasteiger partial charge in [0.25, 0.3) is 0 Å². The van der Waals surface area contributed by atoms with Gasteiger partial charge >= 0.3 is 0 Å². The van der Waals surface area contributed by atoms with Crippen molar-refractivity contribution in [3.05, 3.63) is 45.6 Å². The van der Waals surface area contributed by atoms with E-state index in [4.69, 9.17) is 14.2 Å². The first kappa shape index (κ1) is 27.7. The van der Waals surface area contributed by atoms with Crippen molar-refractivity contribution in [2.45, 2.75) is 46.1 Å². The van der Waals surface area contributed by atoms with Gasteiger partial charge in [-0.05, 0) is 60.9 Å². The molecule has 0 radical (unpaired) electrons. The second-order valence-electron chi connectivity index (χ2n) is 8.19. The molecule has 1 aromatic carbocycles. The summed E-state index contributed by atoms with van der Waals surface area (Å²) in [5.74, 6) is 1.31. The number of hydrogen-bond acceptors (Lipinski definition) is 6. The van der Waals surface area contributed by atoms with E-state index in [0.717, 1.165) is 16.9 Å². The van der Waals surface area contributed by atoms with Crippen LogP contribution in [0.4, 0.5) is 0 Å². The number of benzene rings is 1. The molecule has 2 amide bonds. The Morgan fingerprint density at radius 2 is 1.74 bits per heavy atom. The standard InChI is InChI=1S/C26H38N2O5S/c1-6-8-25(29)27(13-7-15-31-3)19-26(30)28(18-24-20(2)12-16-34-24)14-11-21-9-10-22(32-4)23(17-21)33-5/h9-10,12,16-17H,6-8,11,13-15,18-19H2,1-5H3. The Labute approximate surface area is 207 Å². The summed E-state index contributed by atoms with van der Waals surface area (Å²) in [5.41, 5.74) is 2.23. The summed E-state index contributed by atoms with van der Waals surface area (Å²) in [6.45, 7) is 6.26. The zero-order chi connectivity index (χ0) is 24.9. The van der Waals surface area contributed by atoms with Gasteiger partial charge in [-0.3, -0.25) is 9.59 Å². The smallest absolute Gasteiger partial charge is 0.242 e. The van der Waals surface area contributed by atoms with E-state index >= 15 is 0 Å². The van der Waals surface area contributed by atoms with Gasteiger partial charge in [0.1, 0.15) is 0 Å². The summed E-state index contributed by atoms with van der Waals surface area (Å²) < 4.78 is 15.9. The molecule has 0 aliphatic carbocycles. The highest BCUT2D eigenvalue weighted by Gasteiger charge is 2.22. The third-order valence-electron chi connectivity index (χ3n) is 5.69. The average molecular weight is 491 g/mol. The highest BCUT2D eigenvalue weighted by Crippen LogP contribution is 2.28. The van der Waals surface area contributed by atoms with Gasteiger partial charge in [-0.25, -0.2) is 0 Å². The van der Waals surface area contributed by atoms with E-state index in [-0.39, 0.29) is 18.4 Å². The number of aryl methyl sites for hydroxylation is 1. The Morgan fingerprint density at radius 3 is 2.35 bits per heavy atom. The van der Waals surface area contributed by atoms with E-state index in [1.165, 1.54) is 5.56 Å². The molecule has 2 rings (SSSR count). The molecule has 0 fully saturated rings. The zero-order valence-electron chi connectivity index (χ0n) is 21.1. The van der Waals surface area contributed by atoms with Crippen molar-refractivity contribution in [3.8, 4) is 11.5 Å². The second-order valence-corrected chi connectivity index (χ2v) is 9.19. The molecule has 0 bridgehead atoms. The SMILES string of the molecule is CCCC(=O)N(CCCOC)CC(=O)N(CCc1ccc(OC)c(OC)c1)Cc1sccc1C. The van der Waals surface area contributed by atoms with E-state index < -0.39 is 0 Å². The van der Waals surface area contributed by atoms with Crippen LogP contribution in [-0.2, 0) is 27.3 Å². The summed E-state index contributed by atoms with van der Waals surface area (Å²) >= 11 is 1.65. The van der Waals surface area contributed by atoms with E-state index in [9.17, 15) is 9.59 Å². The Balaban J connectivity index is 2.17. The predicted molar refractivity (Wildman–Crippen MR) is 136 cm³/mol. The fourth-order valence-electron chi connectivity index (χ4n) is 3.66. The van der Waals surface area contributed by atoms with Gasteiger partial charge in [-0.2, -0.15) is 0 Å². The van der Waals surface area contributed by atoms with Crippen LogP contribution >= 0.6 is 11.3 Å². The number of nitrogens with zero attached hydrogens (tertiary/aromatic N) is 2. The van der Waals surface area contributed by atoms with Gasteiger partial charge in [-0.15, -0.1) is 11.3 Å². The number of hydrogen-bond donors (Lipinski definition) is 0. The molecule has 0 unspecified atom stereocenters. The van der Waals surface area contributed by atoms with Crippen molar-refractivity contribution < 1.29 is 23.8 Å². The summed E-state index contributed by atoms with van der Waals surface area (Å²) in [4.78, 5) is 30.8. The summed E-state index contributed by atoms with van der Waals surface area (Å²) in [6, 6.07) is 7.88. The molecule has 0 saturated carbocycles. The lowest BCUT2D eigenvalue weighted by atomic mass is 10.1. The number of methoxy groups -OCH3 is 3. The maximum Gasteiger partial charge on any atom is 0.242 e. The number of rotatable bonds is 15. The van der Waals surface area contributed by atoms with Gasteiger partial charge in [0.15, 0.2) is 11.5 Å². The monoisotopic (exact) mass is 490 g/mol. The van der Waals surface area contributed by atoms with Gasteiger partial charge in [0.05, 0.1) is 27.3 Å². The number of carbonyl (C=O) groups excluding carboxylic acids is 2. The van der Waals surface area contributed by atoms with Crippen molar-refractivity contribution >= 4 is 23.2 Å². The normalized spacial score (nSPS) is 10.7. The molecule has 34 heavy (non-hydrogen) atoms. The first-order valence-corrected chi connectivity index (χ1v) is 12.6. The molecule has 0 atom stereocenters. The van der Waals surface area contributed by atoms with E-state index in [1.807, 2.05) is 35.4 Å². The van der Waals surface area contributed by atoms with E-state index in [2.05, 4.69) is 13.0 Å². The first-order chi connectivity index (χ1) is 16.4. The molecule has 0 N–H and O–H groups in total. The van der Waals surface area contributed by atoms with Crippen LogP contribution < -0.4 is 9.47 Å². The van der Waals surface area contributed by atoms with Crippen molar-refractivity contribution in [1.82, 2.24) is 9.80 Å². The average Bonchev–Trinajstić information content (AvgIpc) is 3.25. The summed E-state index contributed by atoms with van der Waals surface area (Å²) in [6.07, 6.45) is 2.57. The van der Waals surface area contributed by atoms with Crippen LogP contribution in [0.15, 0.2) is 29.6 Å². The molecule has 1 aromatic heterocycles. The van der Waals surface area contributed by atoms with Crippen LogP contribution in [0.25, 0.3) is 0 Å². The minimum Gasteiger partial charge on any atom is -0.493 e. The number of carbonyl (C=O) groups is 2. The van der Waals surface area contributed by atoms with E-state index in [1.54, 1.807) is 37.6 Å². The van der Waals surface area contributed by atoms with Crippen LogP contribution in [0.1, 0.15) is 42.2 Å². The fraction of sp³-hybridized carbons (Fsp3) is 0.538. The molecule has 8 heteroatoms. The minimum atomic E-state index is -0.0462. The molecule has 2 aromatic rings. The largest absolute Gasteiger partial charge is 0.493 e. The van der Waals surface area contributed by atoms with Crippen LogP contribution in [0, 0.1) is 6.92 Å². The molecular weight excluding hydrogens is 452 g/mol. The highest BCUT2D eigenvalue weighted by atomic mass is 32.1. The number of thiophene rings is 1. The number of ether oxygens (including phenoxy) is 3. The highest BCUT2D eigenvalue weighted by molar-refractivity contribution is 7.10. The lowest BCUT2D eigenvalue weighted by Crippen LogP contribution is -2.43.